The normalized spacial score (nSPS) is 30.4. The van der Waals surface area contributed by atoms with Crippen LogP contribution >= 0.6 is 0 Å². The second-order valence-corrected chi connectivity index (χ2v) is 8.71. The number of ether oxygens (including phenoxy) is 6. The Morgan fingerprint density at radius 3 is 2.68 bits per heavy atom. The minimum absolute atomic E-state index is 0.0462. The Labute approximate surface area is 184 Å². The maximum absolute atomic E-state index is 6.45. The summed E-state index contributed by atoms with van der Waals surface area (Å²) in [6.07, 6.45) is 5.96. The lowest BCUT2D eigenvalue weighted by Crippen LogP contribution is -2.29. The minimum atomic E-state index is -0.737. The molecule has 6 heteroatoms. The van der Waals surface area contributed by atoms with Crippen LogP contribution in [0.15, 0.2) is 55.4 Å². The predicted octanol–water partition coefficient (Wildman–Crippen LogP) is 5.57. The van der Waals surface area contributed by atoms with E-state index in [1.807, 2.05) is 39.0 Å². The molecule has 0 N–H and O–H groups in total. The lowest BCUT2D eigenvalue weighted by Gasteiger charge is -2.30. The second-order valence-electron chi connectivity index (χ2n) is 8.71. The van der Waals surface area contributed by atoms with E-state index in [-0.39, 0.29) is 24.4 Å². The van der Waals surface area contributed by atoms with Crippen molar-refractivity contribution in [2.24, 2.45) is 0 Å². The van der Waals surface area contributed by atoms with Gasteiger partial charge in [0.25, 0.3) is 11.9 Å². The molecule has 0 bridgehead atoms. The number of benzene rings is 1. The average molecular weight is 429 g/mol. The van der Waals surface area contributed by atoms with E-state index in [0.717, 1.165) is 29.5 Å². The van der Waals surface area contributed by atoms with Crippen LogP contribution in [-0.4, -0.2) is 24.6 Å². The largest absolute Gasteiger partial charge is 0.463 e. The average Bonchev–Trinajstić information content (AvgIpc) is 3.07. The first-order valence-corrected chi connectivity index (χ1v) is 10.9. The van der Waals surface area contributed by atoms with Crippen LogP contribution in [0, 0.1) is 0 Å². The Bertz CT molecular complexity index is 858. The van der Waals surface area contributed by atoms with Crippen LogP contribution in [0.2, 0.25) is 0 Å². The summed E-state index contributed by atoms with van der Waals surface area (Å²) in [5, 5.41) is 0. The van der Waals surface area contributed by atoms with Crippen LogP contribution < -0.4 is 0 Å². The summed E-state index contributed by atoms with van der Waals surface area (Å²) in [6.45, 7) is 14.5. The molecule has 4 rings (SSSR count). The summed E-state index contributed by atoms with van der Waals surface area (Å²) in [5.74, 6) is -0.0438. The molecule has 0 saturated carbocycles. The zero-order valence-corrected chi connectivity index (χ0v) is 18.6. The van der Waals surface area contributed by atoms with Crippen LogP contribution in [0.1, 0.15) is 68.9 Å². The quantitative estimate of drug-likeness (QED) is 0.587. The van der Waals surface area contributed by atoms with E-state index in [4.69, 9.17) is 28.4 Å². The Hall–Kier alpha value is -2.44. The molecule has 0 spiro atoms. The molecule has 1 fully saturated rings. The van der Waals surface area contributed by atoms with Crippen molar-refractivity contribution in [2.75, 3.05) is 6.61 Å². The van der Waals surface area contributed by atoms with Crippen molar-refractivity contribution in [2.45, 2.75) is 76.8 Å². The Balaban J connectivity index is 1.66. The second kappa shape index (κ2) is 8.97. The molecule has 3 aliphatic rings. The number of fused-ring (bicyclic) bond motifs is 1. The highest BCUT2D eigenvalue weighted by molar-refractivity contribution is 5.40. The molecular formula is C25H32O6. The van der Waals surface area contributed by atoms with Gasteiger partial charge in [-0.1, -0.05) is 18.2 Å². The molecule has 168 valence electrons. The summed E-state index contributed by atoms with van der Waals surface area (Å²) in [7, 11) is 0. The summed E-state index contributed by atoms with van der Waals surface area (Å²) >= 11 is 0. The van der Waals surface area contributed by atoms with E-state index in [1.165, 1.54) is 0 Å². The molecule has 0 radical (unpaired) electrons. The number of hydrogen-bond acceptors (Lipinski definition) is 6. The van der Waals surface area contributed by atoms with Gasteiger partial charge in [-0.2, -0.15) is 0 Å². The van der Waals surface area contributed by atoms with E-state index in [1.54, 1.807) is 0 Å². The van der Waals surface area contributed by atoms with Gasteiger partial charge >= 0.3 is 0 Å². The fourth-order valence-electron chi connectivity index (χ4n) is 4.30. The minimum Gasteiger partial charge on any atom is -0.463 e. The molecular weight excluding hydrogens is 396 g/mol. The summed E-state index contributed by atoms with van der Waals surface area (Å²) < 4.78 is 35.6. The van der Waals surface area contributed by atoms with Crippen LogP contribution in [0.25, 0.3) is 0 Å². The molecule has 0 aromatic heterocycles. The lowest BCUT2D eigenvalue weighted by molar-refractivity contribution is -0.242. The summed E-state index contributed by atoms with van der Waals surface area (Å²) in [5.41, 5.74) is 3.18. The van der Waals surface area contributed by atoms with Crippen molar-refractivity contribution in [1.82, 2.24) is 0 Å². The van der Waals surface area contributed by atoms with Gasteiger partial charge < -0.3 is 28.4 Å². The lowest BCUT2D eigenvalue weighted by atomic mass is 9.91. The summed E-state index contributed by atoms with van der Waals surface area (Å²) in [6, 6.07) is 6.20. The zero-order valence-electron chi connectivity index (χ0n) is 18.6. The van der Waals surface area contributed by atoms with Gasteiger partial charge in [-0.3, -0.25) is 0 Å². The molecule has 1 aromatic rings. The van der Waals surface area contributed by atoms with E-state index in [9.17, 15) is 0 Å². The van der Waals surface area contributed by atoms with E-state index in [0.29, 0.717) is 31.5 Å². The van der Waals surface area contributed by atoms with E-state index in [2.05, 4.69) is 25.3 Å². The van der Waals surface area contributed by atoms with Gasteiger partial charge in [-0.05, 0) is 70.0 Å². The Kier molecular flexibility index (Phi) is 6.30. The van der Waals surface area contributed by atoms with Gasteiger partial charge in [-0.15, -0.1) is 0 Å². The topological polar surface area (TPSA) is 55.4 Å². The van der Waals surface area contributed by atoms with Gasteiger partial charge in [0.05, 0.1) is 18.8 Å². The van der Waals surface area contributed by atoms with Crippen LogP contribution in [0.5, 0.6) is 0 Å². The van der Waals surface area contributed by atoms with Crippen molar-refractivity contribution >= 4 is 0 Å². The van der Waals surface area contributed by atoms with Gasteiger partial charge in [0.1, 0.15) is 18.8 Å². The number of hydrogen-bond donors (Lipinski definition) is 0. The standard InChI is InChI=1S/C25H32O6/c1-16-11-12-19(29-18(3)28-16)14-24-21-9-6-8-20(22(21)15-27-25(4,5)31-24)23-10-7-13-26-17(2)30-23/h6-10,16,19,23-24H,2-3,11-15H2,1,4-5H3. The molecule has 6 nitrogen and oxygen atoms in total. The maximum atomic E-state index is 6.45. The molecule has 1 aromatic carbocycles. The number of rotatable bonds is 3. The van der Waals surface area contributed by atoms with Crippen molar-refractivity contribution in [1.29, 1.82) is 0 Å². The van der Waals surface area contributed by atoms with Gasteiger partial charge in [0.2, 0.25) is 0 Å². The highest BCUT2D eigenvalue weighted by atomic mass is 16.7. The van der Waals surface area contributed by atoms with Crippen molar-refractivity contribution in [3.8, 4) is 0 Å². The van der Waals surface area contributed by atoms with E-state index < -0.39 is 5.79 Å². The van der Waals surface area contributed by atoms with Crippen LogP contribution in [0.4, 0.5) is 0 Å². The third kappa shape index (κ3) is 5.25. The van der Waals surface area contributed by atoms with Gasteiger partial charge in [0.15, 0.2) is 5.79 Å². The van der Waals surface area contributed by atoms with E-state index >= 15 is 0 Å². The molecule has 1 saturated heterocycles. The maximum Gasteiger partial charge on any atom is 0.272 e. The first kappa shape index (κ1) is 21.8. The molecule has 3 heterocycles. The highest BCUT2D eigenvalue weighted by Gasteiger charge is 2.35. The molecule has 31 heavy (non-hydrogen) atoms. The third-order valence-corrected chi connectivity index (χ3v) is 5.80. The molecule has 3 aliphatic heterocycles. The van der Waals surface area contributed by atoms with Crippen molar-refractivity contribution < 1.29 is 28.4 Å². The smallest absolute Gasteiger partial charge is 0.272 e. The summed E-state index contributed by atoms with van der Waals surface area (Å²) in [4.78, 5) is 0. The molecule has 4 unspecified atom stereocenters. The fourth-order valence-corrected chi connectivity index (χ4v) is 4.30. The Morgan fingerprint density at radius 2 is 1.84 bits per heavy atom. The van der Waals surface area contributed by atoms with Crippen LogP contribution in [0.3, 0.4) is 0 Å². The highest BCUT2D eigenvalue weighted by Crippen LogP contribution is 2.41. The van der Waals surface area contributed by atoms with Gasteiger partial charge in [0, 0.05) is 12.0 Å². The SMILES string of the molecule is C=C1OC(C)CCC(CC2OC(C)(C)OCc3c(C4C=CCOC(=C)O4)cccc32)O1. The van der Waals surface area contributed by atoms with Gasteiger partial charge in [-0.25, -0.2) is 0 Å². The fraction of sp³-hybridized carbons (Fsp3) is 0.520. The predicted molar refractivity (Wildman–Crippen MR) is 116 cm³/mol. The monoisotopic (exact) mass is 428 g/mol. The Morgan fingerprint density at radius 1 is 1.03 bits per heavy atom. The molecule has 0 amide bonds. The third-order valence-electron chi connectivity index (χ3n) is 5.80. The first-order valence-electron chi connectivity index (χ1n) is 10.9. The molecule has 0 aliphatic carbocycles. The van der Waals surface area contributed by atoms with Crippen molar-refractivity contribution in [3.63, 3.8) is 0 Å². The zero-order chi connectivity index (χ0) is 22.0. The first-order chi connectivity index (χ1) is 14.8. The molecule has 4 atom stereocenters. The van der Waals surface area contributed by atoms with Crippen molar-refractivity contribution in [3.05, 3.63) is 72.1 Å². The van der Waals surface area contributed by atoms with Crippen LogP contribution in [-0.2, 0) is 35.0 Å².